The molecule has 1 heterocycles. The van der Waals surface area contributed by atoms with Gasteiger partial charge < -0.3 is 9.84 Å². The third-order valence-electron chi connectivity index (χ3n) is 2.20. The Morgan fingerprint density at radius 1 is 1.67 bits per heavy atom. The van der Waals surface area contributed by atoms with Crippen molar-refractivity contribution in [2.24, 2.45) is 0 Å². The minimum absolute atomic E-state index is 0.0266. The van der Waals surface area contributed by atoms with Crippen LogP contribution >= 0.6 is 15.9 Å². The zero-order valence-electron chi connectivity index (χ0n) is 8.11. The summed E-state index contributed by atoms with van der Waals surface area (Å²) in [5, 5.41) is 8.78. The molecule has 1 amide bonds. The molecule has 0 aromatic heterocycles. The lowest BCUT2D eigenvalue weighted by Crippen LogP contribution is -2.35. The number of nitrogens with zero attached hydrogens (tertiary/aromatic N) is 1. The van der Waals surface area contributed by atoms with Gasteiger partial charge in [-0.05, 0) is 28.1 Å². The Hall–Kier alpha value is -1.23. The Morgan fingerprint density at radius 3 is 3.07 bits per heavy atom. The molecule has 1 aliphatic heterocycles. The van der Waals surface area contributed by atoms with Crippen LogP contribution < -0.4 is 9.64 Å². The Kier molecular flexibility index (Phi) is 2.56. The van der Waals surface area contributed by atoms with E-state index in [0.29, 0.717) is 17.9 Å². The highest BCUT2D eigenvalue weighted by Crippen LogP contribution is 2.41. The van der Waals surface area contributed by atoms with Crippen LogP contribution in [-0.4, -0.2) is 16.2 Å². The summed E-state index contributed by atoms with van der Waals surface area (Å²) in [6.45, 7) is 1.79. The molecule has 0 bridgehead atoms. The lowest BCUT2D eigenvalue weighted by Gasteiger charge is -2.17. The predicted octanol–water partition coefficient (Wildman–Crippen LogP) is 2.21. The summed E-state index contributed by atoms with van der Waals surface area (Å²) < 4.78 is 5.38. The highest BCUT2D eigenvalue weighted by atomic mass is 79.9. The number of carbonyl (C=O) groups is 1. The van der Waals surface area contributed by atoms with Crippen molar-refractivity contribution in [1.29, 1.82) is 0 Å². The van der Waals surface area contributed by atoms with E-state index in [1.807, 2.05) is 0 Å². The van der Waals surface area contributed by atoms with Crippen molar-refractivity contribution in [2.45, 2.75) is 18.5 Å². The number of ether oxygens (including phenoxy) is 1. The molecule has 0 saturated carbocycles. The number of amides is 1. The van der Waals surface area contributed by atoms with Gasteiger partial charge in [-0.1, -0.05) is 6.92 Å². The second-order valence-corrected chi connectivity index (χ2v) is 3.96. The number of carbonyl (C=O) groups excluding carboxylic acids is 1. The first-order valence-corrected chi connectivity index (χ1v) is 5.51. The van der Waals surface area contributed by atoms with Gasteiger partial charge in [-0.25, -0.2) is 0 Å². The van der Waals surface area contributed by atoms with E-state index < -0.39 is 5.14 Å². The Labute approximate surface area is 95.6 Å². The molecule has 0 fully saturated rings. The Morgan fingerprint density at radius 2 is 2.40 bits per heavy atom. The van der Waals surface area contributed by atoms with E-state index in [-0.39, 0.29) is 11.7 Å². The summed E-state index contributed by atoms with van der Waals surface area (Å²) in [4.78, 5) is 13.1. The van der Waals surface area contributed by atoms with Crippen molar-refractivity contribution in [3.63, 3.8) is 0 Å². The van der Waals surface area contributed by atoms with Crippen LogP contribution in [0.15, 0.2) is 18.2 Å². The summed E-state index contributed by atoms with van der Waals surface area (Å²) in [5.41, 5.74) is 0.682. The van der Waals surface area contributed by atoms with E-state index in [0.717, 1.165) is 0 Å². The molecule has 1 aromatic rings. The van der Waals surface area contributed by atoms with Crippen molar-refractivity contribution in [2.75, 3.05) is 4.90 Å². The summed E-state index contributed by atoms with van der Waals surface area (Å²) in [6.07, 6.45) is 0.409. The molecule has 5 heteroatoms. The number of aromatic hydroxyl groups is 1. The van der Waals surface area contributed by atoms with Crippen molar-refractivity contribution in [3.05, 3.63) is 18.2 Å². The number of rotatable bonds is 1. The fraction of sp³-hybridized carbons (Fsp3) is 0.300. The van der Waals surface area contributed by atoms with Gasteiger partial charge in [0.25, 0.3) is 0 Å². The average molecular weight is 272 g/mol. The second kappa shape index (κ2) is 3.73. The van der Waals surface area contributed by atoms with Crippen LogP contribution in [0.25, 0.3) is 0 Å². The van der Waals surface area contributed by atoms with E-state index in [9.17, 15) is 9.90 Å². The van der Waals surface area contributed by atoms with Crippen LogP contribution in [0.5, 0.6) is 11.5 Å². The molecule has 1 atom stereocenters. The normalized spacial score (nSPS) is 18.5. The van der Waals surface area contributed by atoms with Crippen molar-refractivity contribution in [1.82, 2.24) is 0 Å². The maximum Gasteiger partial charge on any atom is 0.235 e. The lowest BCUT2D eigenvalue weighted by atomic mass is 10.2. The number of hydrogen-bond acceptors (Lipinski definition) is 3. The molecule has 1 aromatic carbocycles. The molecule has 1 N–H and O–H groups in total. The molecule has 15 heavy (non-hydrogen) atoms. The predicted molar refractivity (Wildman–Crippen MR) is 59.2 cm³/mol. The largest absolute Gasteiger partial charge is 0.508 e. The van der Waals surface area contributed by atoms with Crippen molar-refractivity contribution in [3.8, 4) is 11.5 Å². The summed E-state index contributed by atoms with van der Waals surface area (Å²) in [7, 11) is 0. The van der Waals surface area contributed by atoms with Crippen LogP contribution in [0.2, 0.25) is 0 Å². The average Bonchev–Trinajstić information content (AvgIpc) is 2.52. The minimum Gasteiger partial charge on any atom is -0.508 e. The van der Waals surface area contributed by atoms with E-state index in [1.54, 1.807) is 13.0 Å². The number of phenolic OH excluding ortho intramolecular Hbond substituents is 1. The molecule has 0 aliphatic carbocycles. The summed E-state index contributed by atoms with van der Waals surface area (Å²) >= 11 is 3.25. The number of alkyl halides is 1. The SMILES string of the molecule is CCC(=O)N1c2ccc(O)cc2OC1Br. The fourth-order valence-electron chi connectivity index (χ4n) is 1.48. The highest BCUT2D eigenvalue weighted by molar-refractivity contribution is 9.09. The molecule has 0 radical (unpaired) electrons. The maximum atomic E-state index is 11.6. The quantitative estimate of drug-likeness (QED) is 0.630. The standard InChI is InChI=1S/C10H10BrNO3/c1-2-9(14)12-7-4-3-6(13)5-8(7)15-10(12)11/h3-5,10,13H,2H2,1H3. The topological polar surface area (TPSA) is 49.8 Å². The molecule has 1 aliphatic rings. The zero-order chi connectivity index (χ0) is 11.0. The van der Waals surface area contributed by atoms with E-state index >= 15 is 0 Å². The Balaban J connectivity index is 2.41. The number of benzene rings is 1. The number of phenols is 1. The van der Waals surface area contributed by atoms with Crippen LogP contribution in [0.4, 0.5) is 5.69 Å². The molecule has 2 rings (SSSR count). The smallest absolute Gasteiger partial charge is 0.235 e. The minimum atomic E-state index is -0.484. The number of anilines is 1. The van der Waals surface area contributed by atoms with Gasteiger partial charge in [0.15, 0.2) is 5.75 Å². The zero-order valence-corrected chi connectivity index (χ0v) is 9.69. The third kappa shape index (κ3) is 1.67. The molecular weight excluding hydrogens is 262 g/mol. The first-order valence-electron chi connectivity index (χ1n) is 4.59. The van der Waals surface area contributed by atoms with Gasteiger partial charge in [0.05, 0.1) is 5.69 Å². The van der Waals surface area contributed by atoms with Crippen LogP contribution in [0.3, 0.4) is 0 Å². The molecule has 4 nitrogen and oxygen atoms in total. The molecule has 0 spiro atoms. The van der Waals surface area contributed by atoms with E-state index in [2.05, 4.69) is 15.9 Å². The first-order chi connectivity index (χ1) is 7.13. The molecule has 1 unspecified atom stereocenters. The second-order valence-electron chi connectivity index (χ2n) is 3.18. The van der Waals surface area contributed by atoms with Gasteiger partial charge in [-0.15, -0.1) is 0 Å². The van der Waals surface area contributed by atoms with E-state index in [4.69, 9.17) is 4.74 Å². The molecular formula is C10H10BrNO3. The third-order valence-corrected chi connectivity index (χ3v) is 2.80. The van der Waals surface area contributed by atoms with Crippen LogP contribution in [0.1, 0.15) is 13.3 Å². The highest BCUT2D eigenvalue weighted by Gasteiger charge is 2.32. The monoisotopic (exact) mass is 271 g/mol. The van der Waals surface area contributed by atoms with Crippen LogP contribution in [0, 0.1) is 0 Å². The maximum absolute atomic E-state index is 11.6. The Bertz CT molecular complexity index is 408. The number of fused-ring (bicyclic) bond motifs is 1. The van der Waals surface area contributed by atoms with Crippen molar-refractivity contribution >= 4 is 27.5 Å². The van der Waals surface area contributed by atoms with Gasteiger partial charge in [-0.3, -0.25) is 9.69 Å². The van der Waals surface area contributed by atoms with Crippen molar-refractivity contribution < 1.29 is 14.6 Å². The van der Waals surface area contributed by atoms with Crippen LogP contribution in [-0.2, 0) is 4.79 Å². The van der Waals surface area contributed by atoms with Gasteiger partial charge in [0, 0.05) is 12.5 Å². The summed E-state index contributed by atoms with van der Waals surface area (Å²) in [6, 6.07) is 4.69. The van der Waals surface area contributed by atoms with Gasteiger partial charge >= 0.3 is 0 Å². The van der Waals surface area contributed by atoms with Gasteiger partial charge in [0.2, 0.25) is 11.0 Å². The summed E-state index contributed by atoms with van der Waals surface area (Å²) in [5.74, 6) is 0.610. The fourth-order valence-corrected chi connectivity index (χ4v) is 2.13. The lowest BCUT2D eigenvalue weighted by molar-refractivity contribution is -0.118. The van der Waals surface area contributed by atoms with E-state index in [1.165, 1.54) is 17.0 Å². The molecule has 80 valence electrons. The van der Waals surface area contributed by atoms with Gasteiger partial charge in [-0.2, -0.15) is 0 Å². The number of halogens is 1. The first kappa shape index (κ1) is 10.3. The molecule has 0 saturated heterocycles. The number of hydrogen-bond donors (Lipinski definition) is 1. The van der Waals surface area contributed by atoms with Gasteiger partial charge in [0.1, 0.15) is 5.75 Å².